The first kappa shape index (κ1) is 15.5. The maximum Gasteiger partial charge on any atom is 0.148 e. The van der Waals surface area contributed by atoms with Gasteiger partial charge in [0, 0.05) is 24.9 Å². The van der Waals surface area contributed by atoms with E-state index in [9.17, 15) is 8.42 Å². The van der Waals surface area contributed by atoms with E-state index in [0.29, 0.717) is 18.6 Å². The van der Waals surface area contributed by atoms with Crippen LogP contribution in [0, 0.1) is 0 Å². The van der Waals surface area contributed by atoms with Gasteiger partial charge in [-0.3, -0.25) is 0 Å². The van der Waals surface area contributed by atoms with E-state index in [4.69, 9.17) is 0 Å². The molecule has 0 bridgehead atoms. The molecule has 0 aliphatic heterocycles. The number of nitrogens with one attached hydrogen (secondary N) is 1. The van der Waals surface area contributed by atoms with E-state index >= 15 is 0 Å². The molecule has 0 saturated heterocycles. The highest BCUT2D eigenvalue weighted by Crippen LogP contribution is 2.33. The molecule has 0 spiro atoms. The van der Waals surface area contributed by atoms with Crippen molar-refractivity contribution in [2.45, 2.75) is 25.4 Å². The summed E-state index contributed by atoms with van der Waals surface area (Å²) in [6, 6.07) is 9.11. The van der Waals surface area contributed by atoms with E-state index < -0.39 is 9.84 Å². The average Bonchev–Trinajstić information content (AvgIpc) is 2.75. The molecule has 5 heteroatoms. The Bertz CT molecular complexity index is 557. The Kier molecular flexibility index (Phi) is 4.83. The summed E-state index contributed by atoms with van der Waals surface area (Å²) in [5.41, 5.74) is 2.72. The third-order valence-electron chi connectivity index (χ3n) is 4.01. The summed E-state index contributed by atoms with van der Waals surface area (Å²) in [6.45, 7) is 3.60. The van der Waals surface area contributed by atoms with Gasteiger partial charge in [-0.2, -0.15) is 0 Å². The maximum atomic E-state index is 11.3. The summed E-state index contributed by atoms with van der Waals surface area (Å²) < 4.78 is 22.7. The third kappa shape index (κ3) is 3.59. The van der Waals surface area contributed by atoms with Gasteiger partial charge in [-0.05, 0) is 31.1 Å². The van der Waals surface area contributed by atoms with Crippen molar-refractivity contribution in [1.29, 1.82) is 0 Å². The molecule has 0 heterocycles. The smallest absolute Gasteiger partial charge is 0.148 e. The van der Waals surface area contributed by atoms with Gasteiger partial charge in [0.2, 0.25) is 0 Å². The van der Waals surface area contributed by atoms with Crippen molar-refractivity contribution in [3.8, 4) is 0 Å². The Labute approximate surface area is 122 Å². The van der Waals surface area contributed by atoms with Gasteiger partial charge in [0.1, 0.15) is 9.84 Å². The number of nitrogens with zero attached hydrogens (tertiary/aromatic N) is 1. The standard InChI is InChI=1S/C15H24N2O2S/c1-4-16-15-13-8-6-5-7-12(13)11-14(15)17(2)9-10-20(3,18)19/h5-8,14-16H,4,9-11H2,1-3H3. The number of hydrogen-bond donors (Lipinski definition) is 1. The van der Waals surface area contributed by atoms with Gasteiger partial charge in [0.15, 0.2) is 0 Å². The zero-order valence-electron chi connectivity index (χ0n) is 12.5. The predicted octanol–water partition coefficient (Wildman–Crippen LogP) is 1.24. The molecule has 4 nitrogen and oxygen atoms in total. The van der Waals surface area contributed by atoms with Crippen molar-refractivity contribution >= 4 is 9.84 Å². The fourth-order valence-corrected chi connectivity index (χ4v) is 3.55. The molecule has 112 valence electrons. The Morgan fingerprint density at radius 1 is 1.35 bits per heavy atom. The molecule has 1 aliphatic carbocycles. The molecule has 1 aromatic rings. The lowest BCUT2D eigenvalue weighted by Crippen LogP contribution is -2.42. The molecular weight excluding hydrogens is 272 g/mol. The Balaban J connectivity index is 2.12. The Hall–Kier alpha value is -0.910. The monoisotopic (exact) mass is 296 g/mol. The molecular formula is C15H24N2O2S. The molecule has 1 aliphatic rings. The number of fused-ring (bicyclic) bond motifs is 1. The van der Waals surface area contributed by atoms with Gasteiger partial charge in [-0.15, -0.1) is 0 Å². The predicted molar refractivity (Wildman–Crippen MR) is 82.7 cm³/mol. The number of benzene rings is 1. The van der Waals surface area contributed by atoms with Crippen molar-refractivity contribution in [1.82, 2.24) is 10.2 Å². The van der Waals surface area contributed by atoms with Gasteiger partial charge in [-0.1, -0.05) is 31.2 Å². The maximum absolute atomic E-state index is 11.3. The molecule has 20 heavy (non-hydrogen) atoms. The van der Waals surface area contributed by atoms with Crippen molar-refractivity contribution in [2.24, 2.45) is 0 Å². The van der Waals surface area contributed by atoms with Crippen LogP contribution in [0.3, 0.4) is 0 Å². The first-order valence-electron chi connectivity index (χ1n) is 7.11. The van der Waals surface area contributed by atoms with Gasteiger partial charge in [0.25, 0.3) is 0 Å². The van der Waals surface area contributed by atoms with Crippen molar-refractivity contribution < 1.29 is 8.42 Å². The van der Waals surface area contributed by atoms with Crippen LogP contribution in [0.15, 0.2) is 24.3 Å². The van der Waals surface area contributed by atoms with Crippen LogP contribution in [-0.2, 0) is 16.3 Å². The second kappa shape index (κ2) is 6.24. The quantitative estimate of drug-likeness (QED) is 0.858. The normalized spacial score (nSPS) is 22.2. The van der Waals surface area contributed by atoms with Crippen LogP contribution in [-0.4, -0.2) is 51.5 Å². The van der Waals surface area contributed by atoms with Crippen molar-refractivity contribution in [3.63, 3.8) is 0 Å². The topological polar surface area (TPSA) is 49.4 Å². The minimum Gasteiger partial charge on any atom is -0.309 e. The molecule has 0 aromatic heterocycles. The fourth-order valence-electron chi connectivity index (χ4n) is 2.93. The molecule has 0 fully saturated rings. The largest absolute Gasteiger partial charge is 0.309 e. The lowest BCUT2D eigenvalue weighted by molar-refractivity contribution is 0.215. The van der Waals surface area contributed by atoms with Crippen LogP contribution in [0.5, 0.6) is 0 Å². The SMILES string of the molecule is CCNC1c2ccccc2CC1N(C)CCS(C)(=O)=O. The van der Waals surface area contributed by atoms with Gasteiger partial charge in [-0.25, -0.2) is 8.42 Å². The van der Waals surface area contributed by atoms with Crippen LogP contribution >= 0.6 is 0 Å². The lowest BCUT2D eigenvalue weighted by Gasteiger charge is -2.30. The summed E-state index contributed by atoms with van der Waals surface area (Å²) >= 11 is 0. The highest BCUT2D eigenvalue weighted by Gasteiger charge is 2.34. The van der Waals surface area contributed by atoms with Crippen molar-refractivity contribution in [2.75, 3.05) is 32.1 Å². The molecule has 2 rings (SSSR count). The lowest BCUT2D eigenvalue weighted by atomic mass is 10.1. The first-order chi connectivity index (χ1) is 9.42. The van der Waals surface area contributed by atoms with Crippen LogP contribution in [0.2, 0.25) is 0 Å². The van der Waals surface area contributed by atoms with Crippen LogP contribution in [0.25, 0.3) is 0 Å². The van der Waals surface area contributed by atoms with E-state index in [-0.39, 0.29) is 5.75 Å². The fraction of sp³-hybridized carbons (Fsp3) is 0.600. The number of hydrogen-bond acceptors (Lipinski definition) is 4. The minimum absolute atomic E-state index is 0.217. The van der Waals surface area contributed by atoms with Gasteiger partial charge >= 0.3 is 0 Å². The minimum atomic E-state index is -2.91. The van der Waals surface area contributed by atoms with E-state index in [1.165, 1.54) is 17.4 Å². The van der Waals surface area contributed by atoms with Crippen LogP contribution in [0.1, 0.15) is 24.1 Å². The summed E-state index contributed by atoms with van der Waals surface area (Å²) in [5.74, 6) is 0.217. The molecule has 2 atom stereocenters. The summed E-state index contributed by atoms with van der Waals surface area (Å²) in [4.78, 5) is 2.17. The van der Waals surface area contributed by atoms with Crippen molar-refractivity contribution in [3.05, 3.63) is 35.4 Å². The zero-order valence-corrected chi connectivity index (χ0v) is 13.3. The summed E-state index contributed by atoms with van der Waals surface area (Å²) in [7, 11) is -0.888. The van der Waals surface area contributed by atoms with E-state index in [2.05, 4.69) is 41.4 Å². The Morgan fingerprint density at radius 3 is 2.70 bits per heavy atom. The highest BCUT2D eigenvalue weighted by molar-refractivity contribution is 7.90. The third-order valence-corrected chi connectivity index (χ3v) is 4.93. The molecule has 0 radical (unpaired) electrons. The van der Waals surface area contributed by atoms with E-state index in [0.717, 1.165) is 13.0 Å². The molecule has 0 saturated carbocycles. The van der Waals surface area contributed by atoms with Crippen LogP contribution < -0.4 is 5.32 Å². The molecule has 2 unspecified atom stereocenters. The molecule has 1 N–H and O–H groups in total. The van der Waals surface area contributed by atoms with E-state index in [1.54, 1.807) is 0 Å². The molecule has 1 aromatic carbocycles. The zero-order chi connectivity index (χ0) is 14.8. The van der Waals surface area contributed by atoms with E-state index in [1.807, 2.05) is 7.05 Å². The summed E-state index contributed by atoms with van der Waals surface area (Å²) in [6.07, 6.45) is 2.28. The molecule has 0 amide bonds. The van der Waals surface area contributed by atoms with Gasteiger partial charge in [0.05, 0.1) is 5.75 Å². The number of likely N-dealkylation sites (N-methyl/N-ethyl adjacent to an activating group) is 2. The number of rotatable bonds is 6. The second-order valence-corrected chi connectivity index (χ2v) is 7.88. The van der Waals surface area contributed by atoms with Gasteiger partial charge < -0.3 is 10.2 Å². The first-order valence-corrected chi connectivity index (χ1v) is 9.17. The average molecular weight is 296 g/mol. The Morgan fingerprint density at radius 2 is 2.05 bits per heavy atom. The van der Waals surface area contributed by atoms with Crippen LogP contribution in [0.4, 0.5) is 0 Å². The summed E-state index contributed by atoms with van der Waals surface area (Å²) in [5, 5.41) is 3.54. The highest BCUT2D eigenvalue weighted by atomic mass is 32.2. The number of sulfone groups is 1. The second-order valence-electron chi connectivity index (χ2n) is 5.62.